The minimum Gasteiger partial charge on any atom is -0.381 e. The molecule has 1 N–H and O–H groups in total. The Morgan fingerprint density at radius 3 is 2.24 bits per heavy atom. The maximum atomic E-state index is 12.7. The molecule has 0 saturated carbocycles. The maximum absolute atomic E-state index is 12.7. The smallest absolute Gasteiger partial charge is 0.236 e. The molecule has 0 aromatic rings. The third-order valence-corrected chi connectivity index (χ3v) is 8.03. The largest absolute Gasteiger partial charge is 0.381 e. The molecule has 3 fully saturated rings. The number of hydrogen-bond acceptors (Lipinski definition) is 5. The van der Waals surface area contributed by atoms with E-state index in [2.05, 4.69) is 31.3 Å². The number of aliphatic imine (C=N–C) groups is 1. The SMILES string of the molecule is CN=C(NCC1(SC)CCOCC1)N1CCN(CC(=O)N2CCCCCC2)CC1. The molecule has 0 spiro atoms. The van der Waals surface area contributed by atoms with Gasteiger partial charge in [0.2, 0.25) is 5.91 Å². The molecule has 7 nitrogen and oxygen atoms in total. The number of guanidine groups is 1. The molecular formula is C21H39N5O2S. The molecular weight excluding hydrogens is 386 g/mol. The Morgan fingerprint density at radius 1 is 1.00 bits per heavy atom. The van der Waals surface area contributed by atoms with E-state index in [0.29, 0.717) is 12.5 Å². The Morgan fingerprint density at radius 2 is 1.66 bits per heavy atom. The molecule has 3 saturated heterocycles. The lowest BCUT2D eigenvalue weighted by atomic mass is 9.99. The summed E-state index contributed by atoms with van der Waals surface area (Å²) >= 11 is 1.95. The predicted molar refractivity (Wildman–Crippen MR) is 121 cm³/mol. The number of hydrogen-bond donors (Lipinski definition) is 1. The van der Waals surface area contributed by atoms with Crippen LogP contribution in [0.2, 0.25) is 0 Å². The topological polar surface area (TPSA) is 60.4 Å². The van der Waals surface area contributed by atoms with Crippen molar-refractivity contribution in [3.05, 3.63) is 0 Å². The van der Waals surface area contributed by atoms with Crippen molar-refractivity contribution in [1.29, 1.82) is 0 Å². The number of ether oxygens (including phenoxy) is 1. The Hall–Kier alpha value is -0.990. The van der Waals surface area contributed by atoms with Crippen LogP contribution in [0, 0.1) is 0 Å². The van der Waals surface area contributed by atoms with Gasteiger partial charge in [-0.3, -0.25) is 14.7 Å². The summed E-state index contributed by atoms with van der Waals surface area (Å²) in [6.45, 7) is 8.76. The van der Waals surface area contributed by atoms with Gasteiger partial charge in [0.15, 0.2) is 5.96 Å². The van der Waals surface area contributed by atoms with E-state index in [0.717, 1.165) is 90.7 Å². The zero-order valence-corrected chi connectivity index (χ0v) is 19.1. The molecule has 8 heteroatoms. The van der Waals surface area contributed by atoms with Gasteiger partial charge in [-0.25, -0.2) is 0 Å². The van der Waals surface area contributed by atoms with Crippen LogP contribution in [0.1, 0.15) is 38.5 Å². The lowest BCUT2D eigenvalue weighted by Crippen LogP contribution is -2.56. The standard InChI is InChI=1S/C21H39N5O2S/c1-22-20(23-18-21(29-2)7-15-28-16-8-21)26-13-11-24(12-14-26)17-19(27)25-9-5-3-4-6-10-25/h3-18H2,1-2H3,(H,22,23). The molecule has 0 aromatic carbocycles. The Labute approximate surface area is 180 Å². The first kappa shape index (κ1) is 22.7. The molecule has 3 rings (SSSR count). The van der Waals surface area contributed by atoms with Crippen LogP contribution in [0.5, 0.6) is 0 Å². The zero-order chi connectivity index (χ0) is 20.5. The molecule has 0 atom stereocenters. The summed E-state index contributed by atoms with van der Waals surface area (Å²) in [5, 5.41) is 3.62. The molecule has 166 valence electrons. The summed E-state index contributed by atoms with van der Waals surface area (Å²) in [5.41, 5.74) is 0. The van der Waals surface area contributed by atoms with Gasteiger partial charge in [-0.05, 0) is 31.9 Å². The van der Waals surface area contributed by atoms with Crippen LogP contribution >= 0.6 is 11.8 Å². The quantitative estimate of drug-likeness (QED) is 0.532. The van der Waals surface area contributed by atoms with Gasteiger partial charge in [0.25, 0.3) is 0 Å². The van der Waals surface area contributed by atoms with Crippen molar-refractivity contribution in [2.24, 2.45) is 4.99 Å². The second-order valence-corrected chi connectivity index (χ2v) is 9.73. The number of likely N-dealkylation sites (tertiary alicyclic amines) is 1. The highest BCUT2D eigenvalue weighted by atomic mass is 32.2. The first-order valence-electron chi connectivity index (χ1n) is 11.2. The monoisotopic (exact) mass is 425 g/mol. The van der Waals surface area contributed by atoms with E-state index in [1.54, 1.807) is 0 Å². The summed E-state index contributed by atoms with van der Waals surface area (Å²) < 4.78 is 5.80. The molecule has 3 aliphatic rings. The van der Waals surface area contributed by atoms with Crippen molar-refractivity contribution >= 4 is 23.6 Å². The number of thioether (sulfide) groups is 1. The van der Waals surface area contributed by atoms with Crippen molar-refractivity contribution in [2.75, 3.05) is 78.9 Å². The average molecular weight is 426 g/mol. The van der Waals surface area contributed by atoms with E-state index in [9.17, 15) is 4.79 Å². The lowest BCUT2D eigenvalue weighted by Gasteiger charge is -2.39. The second-order valence-electron chi connectivity index (χ2n) is 8.46. The summed E-state index contributed by atoms with van der Waals surface area (Å²) in [7, 11) is 1.87. The van der Waals surface area contributed by atoms with E-state index in [-0.39, 0.29) is 4.75 Å². The van der Waals surface area contributed by atoms with Gasteiger partial charge in [-0.15, -0.1) is 0 Å². The third kappa shape index (κ3) is 6.49. The van der Waals surface area contributed by atoms with Crippen LogP contribution in [0.3, 0.4) is 0 Å². The van der Waals surface area contributed by atoms with Crippen molar-refractivity contribution in [1.82, 2.24) is 20.0 Å². The second kappa shape index (κ2) is 11.4. The van der Waals surface area contributed by atoms with Gasteiger partial charge in [-0.2, -0.15) is 11.8 Å². The van der Waals surface area contributed by atoms with Crippen LogP contribution in [0.25, 0.3) is 0 Å². The Kier molecular flexibility index (Phi) is 8.93. The molecule has 0 aromatic heterocycles. The van der Waals surface area contributed by atoms with E-state index < -0.39 is 0 Å². The highest BCUT2D eigenvalue weighted by molar-refractivity contribution is 8.00. The van der Waals surface area contributed by atoms with Crippen LogP contribution in [0.4, 0.5) is 0 Å². The average Bonchev–Trinajstić information content (AvgIpc) is 3.06. The van der Waals surface area contributed by atoms with Crippen LogP contribution < -0.4 is 5.32 Å². The third-order valence-electron chi connectivity index (χ3n) is 6.61. The fourth-order valence-corrected chi connectivity index (χ4v) is 5.29. The van der Waals surface area contributed by atoms with E-state index in [1.807, 2.05) is 18.8 Å². The highest BCUT2D eigenvalue weighted by Crippen LogP contribution is 2.33. The fourth-order valence-electron chi connectivity index (χ4n) is 4.50. The number of carbonyl (C=O) groups is 1. The lowest BCUT2D eigenvalue weighted by molar-refractivity contribution is -0.132. The minimum atomic E-state index is 0.246. The summed E-state index contributed by atoms with van der Waals surface area (Å²) in [6, 6.07) is 0. The van der Waals surface area contributed by atoms with E-state index in [1.165, 1.54) is 12.8 Å². The van der Waals surface area contributed by atoms with Crippen molar-refractivity contribution in [3.8, 4) is 0 Å². The van der Waals surface area contributed by atoms with Gasteiger partial charge < -0.3 is 19.9 Å². The highest BCUT2D eigenvalue weighted by Gasteiger charge is 2.32. The molecule has 29 heavy (non-hydrogen) atoms. The van der Waals surface area contributed by atoms with Gasteiger partial charge in [-0.1, -0.05) is 12.8 Å². The molecule has 1 amide bonds. The number of nitrogens with zero attached hydrogens (tertiary/aromatic N) is 4. The first-order valence-corrected chi connectivity index (χ1v) is 12.5. The molecule has 0 bridgehead atoms. The van der Waals surface area contributed by atoms with Crippen molar-refractivity contribution < 1.29 is 9.53 Å². The van der Waals surface area contributed by atoms with E-state index >= 15 is 0 Å². The van der Waals surface area contributed by atoms with Crippen molar-refractivity contribution in [2.45, 2.75) is 43.3 Å². The molecule has 3 aliphatic heterocycles. The molecule has 3 heterocycles. The van der Waals surface area contributed by atoms with Crippen LogP contribution in [-0.2, 0) is 9.53 Å². The number of carbonyl (C=O) groups excluding carboxylic acids is 1. The summed E-state index contributed by atoms with van der Waals surface area (Å²) in [6.07, 6.45) is 9.22. The van der Waals surface area contributed by atoms with Gasteiger partial charge >= 0.3 is 0 Å². The predicted octanol–water partition coefficient (Wildman–Crippen LogP) is 1.49. The number of nitrogens with one attached hydrogen (secondary N) is 1. The maximum Gasteiger partial charge on any atom is 0.236 e. The zero-order valence-electron chi connectivity index (χ0n) is 18.3. The van der Waals surface area contributed by atoms with E-state index in [4.69, 9.17) is 4.74 Å². The first-order chi connectivity index (χ1) is 14.2. The molecule has 0 unspecified atom stereocenters. The molecule has 0 aliphatic carbocycles. The summed E-state index contributed by atoms with van der Waals surface area (Å²) in [5.74, 6) is 1.30. The number of piperazine rings is 1. The normalized spacial score (nSPS) is 24.3. The number of rotatable bonds is 5. The van der Waals surface area contributed by atoms with Gasteiger partial charge in [0.1, 0.15) is 0 Å². The van der Waals surface area contributed by atoms with Crippen molar-refractivity contribution in [3.63, 3.8) is 0 Å². The fraction of sp³-hybridized carbons (Fsp3) is 0.905. The minimum absolute atomic E-state index is 0.246. The summed E-state index contributed by atoms with van der Waals surface area (Å²) in [4.78, 5) is 23.9. The van der Waals surface area contributed by atoms with Crippen LogP contribution in [0.15, 0.2) is 4.99 Å². The van der Waals surface area contributed by atoms with Gasteiger partial charge in [0, 0.05) is 70.8 Å². The molecule has 0 radical (unpaired) electrons. The number of amides is 1. The van der Waals surface area contributed by atoms with Gasteiger partial charge in [0.05, 0.1) is 6.54 Å². The Balaban J connectivity index is 1.43. The Bertz CT molecular complexity index is 537. The van der Waals surface area contributed by atoms with Crippen LogP contribution in [-0.4, -0.2) is 110 Å².